The third-order valence-electron chi connectivity index (χ3n) is 3.38. The molecular weight excluding hydrogens is 242 g/mol. The molecule has 0 saturated heterocycles. The number of benzene rings is 1. The number of carbonyl (C=O) groups excluding carboxylic acids is 2. The fraction of sp³-hybridized carbons (Fsp3) is 0.200. The topological polar surface area (TPSA) is 50.5 Å². The van der Waals surface area contributed by atoms with Crippen LogP contribution < -0.4 is 4.90 Å². The normalized spacial score (nSPS) is 13.4. The fourth-order valence-electron chi connectivity index (χ4n) is 2.53. The summed E-state index contributed by atoms with van der Waals surface area (Å²) in [6.45, 7) is 2.26. The Labute approximate surface area is 110 Å². The highest BCUT2D eigenvalue weighted by molar-refractivity contribution is 5.98. The van der Waals surface area contributed by atoms with Gasteiger partial charge in [-0.15, -0.1) is 0 Å². The summed E-state index contributed by atoms with van der Waals surface area (Å²) in [7, 11) is 0. The van der Waals surface area contributed by atoms with Gasteiger partial charge in [0.1, 0.15) is 5.76 Å². The summed E-state index contributed by atoms with van der Waals surface area (Å²) >= 11 is 0. The molecule has 0 bridgehead atoms. The summed E-state index contributed by atoms with van der Waals surface area (Å²) in [5.41, 5.74) is 2.90. The van der Waals surface area contributed by atoms with Crippen molar-refractivity contribution in [1.82, 2.24) is 0 Å². The molecule has 1 aliphatic heterocycles. The van der Waals surface area contributed by atoms with Crippen molar-refractivity contribution in [3.05, 3.63) is 41.7 Å². The van der Waals surface area contributed by atoms with Gasteiger partial charge in [0, 0.05) is 19.0 Å². The molecule has 1 aromatic carbocycles. The van der Waals surface area contributed by atoms with E-state index in [0.717, 1.165) is 23.2 Å². The summed E-state index contributed by atoms with van der Waals surface area (Å²) in [5.74, 6) is 0.931. The van der Waals surface area contributed by atoms with Crippen LogP contribution in [0.4, 0.5) is 5.69 Å². The van der Waals surface area contributed by atoms with Gasteiger partial charge in [0.25, 0.3) is 0 Å². The Morgan fingerprint density at radius 1 is 1.32 bits per heavy atom. The van der Waals surface area contributed by atoms with Gasteiger partial charge in [0.05, 0.1) is 5.69 Å². The number of nitrogens with zero attached hydrogens (tertiary/aromatic N) is 1. The quantitative estimate of drug-likeness (QED) is 0.775. The molecule has 0 fully saturated rings. The van der Waals surface area contributed by atoms with E-state index in [2.05, 4.69) is 0 Å². The standard InChI is InChI=1S/C15H13NO3/c1-10(18)16-8-7-11-3-2-4-13(15(11)16)14-6-5-12(9-17)19-14/h2-6,9H,7-8H2,1H3. The zero-order valence-electron chi connectivity index (χ0n) is 10.6. The summed E-state index contributed by atoms with van der Waals surface area (Å²) in [6.07, 6.45) is 1.53. The van der Waals surface area contributed by atoms with Crippen molar-refractivity contribution in [2.24, 2.45) is 0 Å². The molecule has 4 heteroatoms. The second kappa shape index (κ2) is 4.39. The Morgan fingerprint density at radius 2 is 2.16 bits per heavy atom. The van der Waals surface area contributed by atoms with Gasteiger partial charge in [-0.1, -0.05) is 12.1 Å². The Balaban J connectivity index is 2.15. The molecule has 0 saturated carbocycles. The summed E-state index contributed by atoms with van der Waals surface area (Å²) < 4.78 is 5.47. The average molecular weight is 255 g/mol. The average Bonchev–Trinajstić information content (AvgIpc) is 3.04. The highest BCUT2D eigenvalue weighted by Crippen LogP contribution is 2.38. The SMILES string of the molecule is CC(=O)N1CCc2cccc(-c3ccc(C=O)o3)c21. The van der Waals surface area contributed by atoms with Crippen LogP contribution in [0.2, 0.25) is 0 Å². The first-order valence-electron chi connectivity index (χ1n) is 6.16. The molecule has 1 aromatic heterocycles. The van der Waals surface area contributed by atoms with Crippen molar-refractivity contribution < 1.29 is 14.0 Å². The van der Waals surface area contributed by atoms with E-state index >= 15 is 0 Å². The number of fused-ring (bicyclic) bond motifs is 1. The van der Waals surface area contributed by atoms with E-state index in [1.54, 1.807) is 24.0 Å². The van der Waals surface area contributed by atoms with Crippen LogP contribution >= 0.6 is 0 Å². The number of furan rings is 1. The predicted octanol–water partition coefficient (Wildman–Crippen LogP) is 2.67. The molecule has 0 spiro atoms. The lowest BCUT2D eigenvalue weighted by Crippen LogP contribution is -2.26. The molecule has 2 heterocycles. The Hall–Kier alpha value is -2.36. The zero-order chi connectivity index (χ0) is 13.4. The highest BCUT2D eigenvalue weighted by Gasteiger charge is 2.26. The van der Waals surface area contributed by atoms with Crippen LogP contribution in [-0.4, -0.2) is 18.7 Å². The van der Waals surface area contributed by atoms with E-state index < -0.39 is 0 Å². The minimum Gasteiger partial charge on any atom is -0.453 e. The smallest absolute Gasteiger partial charge is 0.223 e. The first kappa shape index (κ1) is 11.7. The summed E-state index contributed by atoms with van der Waals surface area (Å²) in [6, 6.07) is 9.27. The zero-order valence-corrected chi connectivity index (χ0v) is 10.6. The van der Waals surface area contributed by atoms with Gasteiger partial charge in [0.15, 0.2) is 12.0 Å². The minimum atomic E-state index is 0.0216. The second-order valence-corrected chi connectivity index (χ2v) is 4.55. The molecule has 1 aliphatic rings. The summed E-state index contributed by atoms with van der Waals surface area (Å²) in [5, 5.41) is 0. The monoisotopic (exact) mass is 255 g/mol. The molecule has 4 nitrogen and oxygen atoms in total. The third-order valence-corrected chi connectivity index (χ3v) is 3.38. The van der Waals surface area contributed by atoms with Crippen molar-refractivity contribution in [1.29, 1.82) is 0 Å². The van der Waals surface area contributed by atoms with Gasteiger partial charge in [-0.2, -0.15) is 0 Å². The third kappa shape index (κ3) is 1.85. The lowest BCUT2D eigenvalue weighted by atomic mass is 10.1. The maximum atomic E-state index is 11.7. The Morgan fingerprint density at radius 3 is 2.84 bits per heavy atom. The largest absolute Gasteiger partial charge is 0.453 e. The molecule has 0 unspecified atom stereocenters. The number of hydrogen-bond donors (Lipinski definition) is 0. The molecule has 2 aromatic rings. The predicted molar refractivity (Wildman–Crippen MR) is 71.3 cm³/mol. The maximum Gasteiger partial charge on any atom is 0.223 e. The molecule has 0 aliphatic carbocycles. The number of amides is 1. The lowest BCUT2D eigenvalue weighted by Gasteiger charge is -2.17. The molecule has 19 heavy (non-hydrogen) atoms. The van der Waals surface area contributed by atoms with E-state index in [-0.39, 0.29) is 5.91 Å². The molecule has 1 amide bonds. The van der Waals surface area contributed by atoms with E-state index in [1.165, 1.54) is 0 Å². The molecule has 0 atom stereocenters. The number of para-hydroxylation sites is 1. The van der Waals surface area contributed by atoms with Crippen LogP contribution in [0, 0.1) is 0 Å². The Bertz CT molecular complexity index is 657. The molecule has 96 valence electrons. The fourth-order valence-corrected chi connectivity index (χ4v) is 2.53. The van der Waals surface area contributed by atoms with E-state index in [4.69, 9.17) is 4.42 Å². The molecular formula is C15H13NO3. The van der Waals surface area contributed by atoms with Crippen LogP contribution in [-0.2, 0) is 11.2 Å². The van der Waals surface area contributed by atoms with E-state index in [0.29, 0.717) is 24.4 Å². The van der Waals surface area contributed by atoms with Gasteiger partial charge in [-0.25, -0.2) is 0 Å². The van der Waals surface area contributed by atoms with Crippen LogP contribution in [0.5, 0.6) is 0 Å². The van der Waals surface area contributed by atoms with Crippen molar-refractivity contribution >= 4 is 17.9 Å². The van der Waals surface area contributed by atoms with Crippen LogP contribution in [0.25, 0.3) is 11.3 Å². The Kier molecular flexibility index (Phi) is 2.71. The minimum absolute atomic E-state index is 0.0216. The number of anilines is 1. The number of aldehydes is 1. The first-order chi connectivity index (χ1) is 9.20. The number of hydrogen-bond acceptors (Lipinski definition) is 3. The molecule has 3 rings (SSSR count). The number of carbonyl (C=O) groups is 2. The van der Waals surface area contributed by atoms with Gasteiger partial charge >= 0.3 is 0 Å². The second-order valence-electron chi connectivity index (χ2n) is 4.55. The first-order valence-corrected chi connectivity index (χ1v) is 6.16. The van der Waals surface area contributed by atoms with Gasteiger partial charge < -0.3 is 9.32 Å². The van der Waals surface area contributed by atoms with Crippen LogP contribution in [0.3, 0.4) is 0 Å². The number of rotatable bonds is 2. The van der Waals surface area contributed by atoms with Crippen molar-refractivity contribution in [3.8, 4) is 11.3 Å². The molecule has 0 N–H and O–H groups in total. The van der Waals surface area contributed by atoms with Crippen molar-refractivity contribution in [2.45, 2.75) is 13.3 Å². The lowest BCUT2D eigenvalue weighted by molar-refractivity contribution is -0.116. The van der Waals surface area contributed by atoms with Gasteiger partial charge in [-0.05, 0) is 30.2 Å². The molecule has 0 radical (unpaired) electrons. The van der Waals surface area contributed by atoms with Crippen LogP contribution in [0.15, 0.2) is 34.7 Å². The van der Waals surface area contributed by atoms with E-state index in [1.807, 2.05) is 18.2 Å². The van der Waals surface area contributed by atoms with Crippen molar-refractivity contribution in [3.63, 3.8) is 0 Å². The summed E-state index contributed by atoms with van der Waals surface area (Å²) in [4.78, 5) is 24.1. The van der Waals surface area contributed by atoms with Crippen molar-refractivity contribution in [2.75, 3.05) is 11.4 Å². The van der Waals surface area contributed by atoms with E-state index in [9.17, 15) is 9.59 Å². The van der Waals surface area contributed by atoms with Gasteiger partial charge in [-0.3, -0.25) is 9.59 Å². The highest BCUT2D eigenvalue weighted by atomic mass is 16.3. The van der Waals surface area contributed by atoms with Crippen LogP contribution in [0.1, 0.15) is 23.0 Å². The van der Waals surface area contributed by atoms with Gasteiger partial charge in [0.2, 0.25) is 5.91 Å². The maximum absolute atomic E-state index is 11.7.